The maximum Gasteiger partial charge on any atom is 0.368 e. The van der Waals surface area contributed by atoms with Crippen molar-refractivity contribution in [1.82, 2.24) is 4.72 Å². The van der Waals surface area contributed by atoms with E-state index in [1.807, 2.05) is 4.90 Å². The lowest BCUT2D eigenvalue weighted by molar-refractivity contribution is -0.136. The van der Waals surface area contributed by atoms with Crippen LogP contribution in [0.4, 0.5) is 17.1 Å². The third-order valence-corrected chi connectivity index (χ3v) is 11.0. The molecular weight excluding hydrogens is 815 g/mol. The number of esters is 1. The summed E-state index contributed by atoms with van der Waals surface area (Å²) in [5, 5.41) is 12.9. The minimum atomic E-state index is -4.19. The Bertz CT molecular complexity index is 2540. The summed E-state index contributed by atoms with van der Waals surface area (Å²) in [5.74, 6) is -1.55. The van der Waals surface area contributed by atoms with Crippen LogP contribution in [0.1, 0.15) is 27.0 Å². The molecule has 0 saturated carbocycles. The van der Waals surface area contributed by atoms with Crippen LogP contribution in [0.25, 0.3) is 5.57 Å². The van der Waals surface area contributed by atoms with E-state index in [9.17, 15) is 34.8 Å². The summed E-state index contributed by atoms with van der Waals surface area (Å²) in [6, 6.07) is 24.8. The van der Waals surface area contributed by atoms with E-state index < -0.39 is 42.0 Å². The van der Waals surface area contributed by atoms with Crippen LogP contribution < -0.4 is 19.1 Å². The molecule has 1 aliphatic rings. The number of carbonyl (C=O) groups excluding carboxylic acids is 2. The zero-order chi connectivity index (χ0) is 42.1. The average Bonchev–Trinajstić information content (AvgIpc) is 3.54. The minimum Gasteiger partial charge on any atom is -0.460 e. The SMILES string of the molecule is CN(CCNS(C)(=O)=O)c1ccc(C(=C2C(=O)ON=C2c2ccc(NS(=O)(=O)c3cccc(C(=O)OCCOCCO)c3)cc2)c2cccc(NS(C)(=O)=O)c2)cc1. The summed E-state index contributed by atoms with van der Waals surface area (Å²) in [6.07, 6.45) is 2.09. The van der Waals surface area contributed by atoms with E-state index in [0.717, 1.165) is 18.2 Å². The van der Waals surface area contributed by atoms with Crippen LogP contribution in [0.5, 0.6) is 0 Å². The van der Waals surface area contributed by atoms with E-state index in [0.29, 0.717) is 28.8 Å². The number of sulfonamides is 3. The molecule has 308 valence electrons. The van der Waals surface area contributed by atoms with Crippen LogP contribution in [0.15, 0.2) is 113 Å². The van der Waals surface area contributed by atoms with Crippen LogP contribution in [-0.4, -0.2) is 107 Å². The molecule has 1 aliphatic heterocycles. The molecule has 4 N–H and O–H groups in total. The molecule has 5 rings (SSSR count). The Kier molecular flexibility index (Phi) is 14.1. The number of carbonyl (C=O) groups is 2. The van der Waals surface area contributed by atoms with Gasteiger partial charge in [-0.3, -0.25) is 9.44 Å². The average molecular weight is 856 g/mol. The highest BCUT2D eigenvalue weighted by Crippen LogP contribution is 2.35. The number of aliphatic hydroxyl groups excluding tert-OH is 1. The number of benzene rings is 4. The monoisotopic (exact) mass is 855 g/mol. The second-order valence-electron chi connectivity index (χ2n) is 12.8. The highest BCUT2D eigenvalue weighted by atomic mass is 32.2. The molecule has 0 spiro atoms. The Morgan fingerprint density at radius 2 is 1.47 bits per heavy atom. The number of rotatable bonds is 19. The van der Waals surface area contributed by atoms with Crippen LogP contribution in [0, 0.1) is 0 Å². The fourth-order valence-corrected chi connectivity index (χ4v) is 7.78. The fraction of sp³-hybridized carbons (Fsp3) is 0.237. The summed E-state index contributed by atoms with van der Waals surface area (Å²) < 4.78 is 91.5. The predicted octanol–water partition coefficient (Wildman–Crippen LogP) is 2.77. The quantitative estimate of drug-likeness (QED) is 0.0460. The Hall–Kier alpha value is -5.64. The van der Waals surface area contributed by atoms with Crippen molar-refractivity contribution in [1.29, 1.82) is 0 Å². The molecule has 0 bridgehead atoms. The second-order valence-corrected chi connectivity index (χ2v) is 18.1. The lowest BCUT2D eigenvalue weighted by atomic mass is 9.88. The first-order valence-corrected chi connectivity index (χ1v) is 22.7. The summed E-state index contributed by atoms with van der Waals surface area (Å²) in [6.45, 7) is 0.410. The van der Waals surface area contributed by atoms with Gasteiger partial charge in [-0.05, 0) is 65.7 Å². The van der Waals surface area contributed by atoms with Crippen molar-refractivity contribution in [2.24, 2.45) is 5.16 Å². The molecule has 1 heterocycles. The summed E-state index contributed by atoms with van der Waals surface area (Å²) in [4.78, 5) is 32.8. The number of hydrogen-bond acceptors (Lipinski definition) is 14. The summed E-state index contributed by atoms with van der Waals surface area (Å²) in [5.41, 5.74) is 3.02. The predicted molar refractivity (Wildman–Crippen MR) is 218 cm³/mol. The molecule has 4 aromatic rings. The van der Waals surface area contributed by atoms with Crippen molar-refractivity contribution in [3.8, 4) is 0 Å². The molecule has 0 fully saturated rings. The molecule has 0 radical (unpaired) electrons. The van der Waals surface area contributed by atoms with Crippen molar-refractivity contribution < 1.29 is 54.3 Å². The Morgan fingerprint density at radius 3 is 2.14 bits per heavy atom. The van der Waals surface area contributed by atoms with Gasteiger partial charge in [0.25, 0.3) is 10.0 Å². The molecular formula is C38H41N5O12S3. The third kappa shape index (κ3) is 11.9. The van der Waals surface area contributed by atoms with Gasteiger partial charge in [0, 0.05) is 48.3 Å². The van der Waals surface area contributed by atoms with Crippen molar-refractivity contribution in [3.63, 3.8) is 0 Å². The van der Waals surface area contributed by atoms with Crippen LogP contribution in [0.2, 0.25) is 0 Å². The number of likely N-dealkylation sites (N-methyl/N-ethyl adjacent to an activating group) is 1. The van der Waals surface area contributed by atoms with Gasteiger partial charge in [-0.15, -0.1) is 0 Å². The normalized spacial score (nSPS) is 14.0. The van der Waals surface area contributed by atoms with E-state index in [2.05, 4.69) is 19.3 Å². The zero-order valence-electron chi connectivity index (χ0n) is 31.5. The van der Waals surface area contributed by atoms with Crippen molar-refractivity contribution in [2.45, 2.75) is 4.90 Å². The number of anilines is 3. The molecule has 4 aromatic carbocycles. The Morgan fingerprint density at radius 1 is 0.776 bits per heavy atom. The maximum atomic E-state index is 13.5. The lowest BCUT2D eigenvalue weighted by Gasteiger charge is -2.20. The molecule has 0 aliphatic carbocycles. The smallest absolute Gasteiger partial charge is 0.368 e. The van der Waals surface area contributed by atoms with Crippen LogP contribution >= 0.6 is 0 Å². The molecule has 0 amide bonds. The molecule has 58 heavy (non-hydrogen) atoms. The van der Waals surface area contributed by atoms with Gasteiger partial charge in [0.2, 0.25) is 20.0 Å². The van der Waals surface area contributed by atoms with Gasteiger partial charge >= 0.3 is 11.9 Å². The molecule has 20 heteroatoms. The fourth-order valence-electron chi connectivity index (χ4n) is 5.65. The highest BCUT2D eigenvalue weighted by molar-refractivity contribution is 7.92. The summed E-state index contributed by atoms with van der Waals surface area (Å²) >= 11 is 0. The van der Waals surface area contributed by atoms with E-state index in [1.165, 1.54) is 48.5 Å². The zero-order valence-corrected chi connectivity index (χ0v) is 34.0. The van der Waals surface area contributed by atoms with Gasteiger partial charge in [-0.1, -0.05) is 47.6 Å². The van der Waals surface area contributed by atoms with E-state index in [-0.39, 0.29) is 66.1 Å². The van der Waals surface area contributed by atoms with Gasteiger partial charge in [-0.2, -0.15) is 0 Å². The highest BCUT2D eigenvalue weighted by Gasteiger charge is 2.32. The van der Waals surface area contributed by atoms with Gasteiger partial charge in [0.15, 0.2) is 0 Å². The van der Waals surface area contributed by atoms with Crippen molar-refractivity contribution >= 4 is 70.4 Å². The Labute approximate surface area is 336 Å². The molecule has 0 unspecified atom stereocenters. The van der Waals surface area contributed by atoms with E-state index in [1.54, 1.807) is 55.6 Å². The van der Waals surface area contributed by atoms with Crippen molar-refractivity contribution in [2.75, 3.05) is 73.4 Å². The molecule has 17 nitrogen and oxygen atoms in total. The maximum absolute atomic E-state index is 13.5. The number of hydrogen-bond donors (Lipinski definition) is 4. The first-order valence-electron chi connectivity index (χ1n) is 17.4. The number of nitrogens with one attached hydrogen (secondary N) is 3. The number of nitrogens with zero attached hydrogens (tertiary/aromatic N) is 2. The van der Waals surface area contributed by atoms with E-state index >= 15 is 0 Å². The topological polar surface area (TPSA) is 236 Å². The standard InChI is InChI=1S/C38H41N5O12S3/c1-43(19-18-39-56(2,47)48)32-16-12-26(13-17-32)34(28-6-4-8-31(24-28)41-57(3,49)50)35-36(40-55-38(35)46)27-10-14-30(15-11-27)42-58(51,52)33-9-5-7-29(25-33)37(45)54-23-22-53-21-20-44/h4-17,24-25,39,41-42,44H,18-23H2,1-3H3. The van der Waals surface area contributed by atoms with Gasteiger partial charge in [0.05, 0.1) is 42.8 Å². The first-order chi connectivity index (χ1) is 27.4. The third-order valence-electron chi connectivity index (χ3n) is 8.26. The van der Waals surface area contributed by atoms with Gasteiger partial charge < -0.3 is 24.3 Å². The molecule has 0 atom stereocenters. The first kappa shape index (κ1) is 43.5. The largest absolute Gasteiger partial charge is 0.460 e. The Balaban J connectivity index is 1.44. The molecule has 0 saturated heterocycles. The van der Waals surface area contributed by atoms with Crippen molar-refractivity contribution in [3.05, 3.63) is 125 Å². The van der Waals surface area contributed by atoms with Gasteiger partial charge in [-0.25, -0.2) is 39.6 Å². The summed E-state index contributed by atoms with van der Waals surface area (Å²) in [7, 11) is -9.43. The number of aliphatic hydroxyl groups is 1. The lowest BCUT2D eigenvalue weighted by Crippen LogP contribution is -2.32. The second kappa shape index (κ2) is 18.7. The number of ether oxygens (including phenoxy) is 2. The van der Waals surface area contributed by atoms with Crippen LogP contribution in [-0.2, 0) is 49.2 Å². The van der Waals surface area contributed by atoms with E-state index in [4.69, 9.17) is 19.4 Å². The van der Waals surface area contributed by atoms with Gasteiger partial charge in [0.1, 0.15) is 17.9 Å². The molecule has 0 aromatic heterocycles. The van der Waals surface area contributed by atoms with Crippen LogP contribution in [0.3, 0.4) is 0 Å². The number of oxime groups is 1. The minimum absolute atomic E-state index is 0.000566.